The molecule has 5 rings (SSSR count). The molecule has 0 aliphatic heterocycles. The van der Waals surface area contributed by atoms with E-state index in [0.717, 1.165) is 29.2 Å². The molecule has 0 bridgehead atoms. The van der Waals surface area contributed by atoms with E-state index in [1.807, 2.05) is 18.5 Å². The molecule has 1 fully saturated rings. The highest BCUT2D eigenvalue weighted by Gasteiger charge is 2.26. The van der Waals surface area contributed by atoms with E-state index in [0.29, 0.717) is 34.7 Å². The van der Waals surface area contributed by atoms with Gasteiger partial charge >= 0.3 is 5.97 Å². The molecule has 35 heavy (non-hydrogen) atoms. The van der Waals surface area contributed by atoms with E-state index in [1.165, 1.54) is 38.2 Å². The van der Waals surface area contributed by atoms with Crippen molar-refractivity contribution in [1.82, 2.24) is 29.5 Å². The molecule has 1 aliphatic rings. The van der Waals surface area contributed by atoms with E-state index in [2.05, 4.69) is 20.4 Å². The van der Waals surface area contributed by atoms with Crippen LogP contribution in [0, 0.1) is 32.5 Å². The molecule has 3 heterocycles. The molecule has 0 amide bonds. The summed E-state index contributed by atoms with van der Waals surface area (Å²) in [6.07, 6.45) is 3.83. The number of esters is 1. The van der Waals surface area contributed by atoms with Crippen LogP contribution < -0.4 is 10.1 Å². The topological polar surface area (TPSA) is 99.8 Å². The van der Waals surface area contributed by atoms with Gasteiger partial charge in [0.1, 0.15) is 29.5 Å². The van der Waals surface area contributed by atoms with Crippen molar-refractivity contribution in [2.75, 3.05) is 5.32 Å². The van der Waals surface area contributed by atoms with Crippen LogP contribution in [0.15, 0.2) is 36.7 Å². The monoisotopic (exact) mass is 475 g/mol. The van der Waals surface area contributed by atoms with E-state index in [4.69, 9.17) is 9.84 Å². The summed E-state index contributed by atoms with van der Waals surface area (Å²) in [5, 5.41) is 12.7. The van der Waals surface area contributed by atoms with Gasteiger partial charge in [0.15, 0.2) is 11.6 Å². The molecule has 1 saturated carbocycles. The third-order valence-electron chi connectivity index (χ3n) is 6.02. The van der Waals surface area contributed by atoms with Crippen LogP contribution in [0.4, 0.5) is 16.0 Å². The lowest BCUT2D eigenvalue weighted by molar-refractivity contribution is -0.131. The van der Waals surface area contributed by atoms with Crippen LogP contribution in [0.3, 0.4) is 0 Å². The fourth-order valence-electron chi connectivity index (χ4n) is 4.06. The lowest BCUT2D eigenvalue weighted by Gasteiger charge is -2.11. The summed E-state index contributed by atoms with van der Waals surface area (Å²) in [6.45, 7) is 7.74. The fourth-order valence-corrected chi connectivity index (χ4v) is 4.06. The lowest BCUT2D eigenvalue weighted by Crippen LogP contribution is -2.09. The summed E-state index contributed by atoms with van der Waals surface area (Å²) in [6, 6.07) is 8.14. The first kappa shape index (κ1) is 22.7. The van der Waals surface area contributed by atoms with Gasteiger partial charge in [-0.3, -0.25) is 4.79 Å². The fraction of sp³-hybridized carbons (Fsp3) is 0.320. The van der Waals surface area contributed by atoms with Crippen molar-refractivity contribution in [1.29, 1.82) is 0 Å². The molecule has 1 aliphatic carbocycles. The van der Waals surface area contributed by atoms with Crippen LogP contribution in [-0.4, -0.2) is 35.5 Å². The van der Waals surface area contributed by atoms with Gasteiger partial charge in [0.2, 0.25) is 0 Å². The molecular weight excluding hydrogens is 449 g/mol. The number of carbonyl (C=O) groups is 1. The Hall–Kier alpha value is -4.08. The molecular formula is C25H26FN7O2. The second-order valence-electron chi connectivity index (χ2n) is 8.85. The zero-order valence-electron chi connectivity index (χ0n) is 20.0. The quantitative estimate of drug-likeness (QED) is 0.388. The summed E-state index contributed by atoms with van der Waals surface area (Å²) in [5.41, 5.74) is 3.85. The number of ether oxygens (including phenoxy) is 1. The number of anilines is 2. The average Bonchev–Trinajstić information content (AvgIpc) is 3.55. The van der Waals surface area contributed by atoms with Crippen molar-refractivity contribution < 1.29 is 13.9 Å². The Morgan fingerprint density at radius 2 is 1.89 bits per heavy atom. The number of benzene rings is 1. The molecule has 180 valence electrons. The van der Waals surface area contributed by atoms with Crippen molar-refractivity contribution in [3.05, 3.63) is 59.4 Å². The molecule has 1 N–H and O–H groups in total. The Bertz CT molecular complexity index is 1400. The predicted molar refractivity (Wildman–Crippen MR) is 128 cm³/mol. The molecule has 0 unspecified atom stereocenters. The lowest BCUT2D eigenvalue weighted by atomic mass is 10.1. The van der Waals surface area contributed by atoms with Crippen LogP contribution >= 0.6 is 0 Å². The maximum atomic E-state index is 13.5. The third kappa shape index (κ3) is 4.64. The van der Waals surface area contributed by atoms with E-state index in [1.54, 1.807) is 29.8 Å². The number of nitrogens with one attached hydrogen (secondary N) is 1. The summed E-state index contributed by atoms with van der Waals surface area (Å²) < 4.78 is 22.4. The Morgan fingerprint density at radius 3 is 2.57 bits per heavy atom. The maximum Gasteiger partial charge on any atom is 0.308 e. The molecule has 0 atom stereocenters. The van der Waals surface area contributed by atoms with Gasteiger partial charge in [0.25, 0.3) is 0 Å². The summed E-state index contributed by atoms with van der Waals surface area (Å²) in [4.78, 5) is 20.2. The number of hydrogen-bond acceptors (Lipinski definition) is 7. The van der Waals surface area contributed by atoms with Gasteiger partial charge in [-0.1, -0.05) is 0 Å². The minimum Gasteiger partial charge on any atom is -0.423 e. The van der Waals surface area contributed by atoms with Crippen molar-refractivity contribution in [3.8, 4) is 22.8 Å². The van der Waals surface area contributed by atoms with Crippen molar-refractivity contribution >= 4 is 17.6 Å². The van der Waals surface area contributed by atoms with Gasteiger partial charge in [0, 0.05) is 30.7 Å². The Balaban J connectivity index is 1.49. The van der Waals surface area contributed by atoms with Gasteiger partial charge < -0.3 is 10.1 Å². The minimum absolute atomic E-state index is 0.281. The van der Waals surface area contributed by atoms with Gasteiger partial charge in [-0.05, 0) is 63.8 Å². The SMILES string of the molecule is CC(=O)Oc1c(C)nn(-c2cc(Nc3c(C)c(-c4ccc(F)cc4)nn3CC3CC3)ncn2)c1C. The van der Waals surface area contributed by atoms with E-state index < -0.39 is 5.97 Å². The number of aromatic nitrogens is 6. The first-order chi connectivity index (χ1) is 16.8. The second kappa shape index (κ2) is 8.94. The van der Waals surface area contributed by atoms with Crippen molar-refractivity contribution in [2.24, 2.45) is 5.92 Å². The first-order valence-corrected chi connectivity index (χ1v) is 11.5. The number of rotatable bonds is 7. The highest BCUT2D eigenvalue weighted by Crippen LogP contribution is 2.35. The maximum absolute atomic E-state index is 13.5. The molecule has 10 heteroatoms. The highest BCUT2D eigenvalue weighted by atomic mass is 19.1. The molecule has 3 aromatic heterocycles. The van der Waals surface area contributed by atoms with Crippen LogP contribution in [-0.2, 0) is 11.3 Å². The number of hydrogen-bond donors (Lipinski definition) is 1. The summed E-state index contributed by atoms with van der Waals surface area (Å²) in [5.74, 6) is 2.27. The second-order valence-corrected chi connectivity index (χ2v) is 8.85. The number of halogens is 1. The Labute approximate surface area is 202 Å². The molecule has 0 radical (unpaired) electrons. The van der Waals surface area contributed by atoms with E-state index in [-0.39, 0.29) is 5.82 Å². The minimum atomic E-state index is -0.405. The van der Waals surface area contributed by atoms with Crippen LogP contribution in [0.5, 0.6) is 5.75 Å². The van der Waals surface area contributed by atoms with Gasteiger partial charge in [-0.25, -0.2) is 23.7 Å². The Kier molecular flexibility index (Phi) is 5.80. The normalized spacial score (nSPS) is 13.2. The summed E-state index contributed by atoms with van der Waals surface area (Å²) >= 11 is 0. The van der Waals surface area contributed by atoms with Crippen molar-refractivity contribution in [3.63, 3.8) is 0 Å². The number of aryl methyl sites for hydroxylation is 1. The zero-order chi connectivity index (χ0) is 24.7. The van der Waals surface area contributed by atoms with Gasteiger partial charge in [0.05, 0.1) is 11.4 Å². The van der Waals surface area contributed by atoms with Gasteiger partial charge in [-0.15, -0.1) is 0 Å². The zero-order valence-corrected chi connectivity index (χ0v) is 20.0. The molecule has 0 saturated heterocycles. The smallest absolute Gasteiger partial charge is 0.308 e. The molecule has 1 aromatic carbocycles. The van der Waals surface area contributed by atoms with Gasteiger partial charge in [-0.2, -0.15) is 10.2 Å². The third-order valence-corrected chi connectivity index (χ3v) is 6.02. The van der Waals surface area contributed by atoms with E-state index in [9.17, 15) is 9.18 Å². The standard InChI is InChI=1S/C25H26FN7O2/c1-14-23(19-7-9-20(26)10-8-19)31-32(12-18-5-6-18)25(14)29-21-11-22(28-13-27-21)33-16(3)24(15(2)30-33)35-17(4)34/h7-11,13,18H,5-6,12H2,1-4H3,(H,27,28,29). The van der Waals surface area contributed by atoms with E-state index >= 15 is 0 Å². The van der Waals surface area contributed by atoms with Crippen LogP contribution in [0.25, 0.3) is 17.1 Å². The number of carbonyl (C=O) groups excluding carboxylic acids is 1. The van der Waals surface area contributed by atoms with Crippen LogP contribution in [0.2, 0.25) is 0 Å². The largest absolute Gasteiger partial charge is 0.423 e. The average molecular weight is 476 g/mol. The predicted octanol–water partition coefficient (Wildman–Crippen LogP) is 4.67. The van der Waals surface area contributed by atoms with Crippen LogP contribution in [0.1, 0.15) is 36.7 Å². The van der Waals surface area contributed by atoms with Crippen molar-refractivity contribution in [2.45, 2.75) is 47.1 Å². The molecule has 0 spiro atoms. The Morgan fingerprint density at radius 1 is 1.14 bits per heavy atom. The first-order valence-electron chi connectivity index (χ1n) is 11.5. The highest BCUT2D eigenvalue weighted by molar-refractivity contribution is 5.72. The summed E-state index contributed by atoms with van der Waals surface area (Å²) in [7, 11) is 0. The molecule has 4 aromatic rings. The number of nitrogens with zero attached hydrogens (tertiary/aromatic N) is 6. The molecule has 9 nitrogen and oxygen atoms in total.